The number of nitrogens with two attached hydrogens (primary N) is 1. The van der Waals surface area contributed by atoms with Crippen molar-refractivity contribution in [2.75, 3.05) is 12.3 Å². The van der Waals surface area contributed by atoms with Gasteiger partial charge in [-0.15, -0.1) is 0 Å². The van der Waals surface area contributed by atoms with Gasteiger partial charge in [0.1, 0.15) is 17.4 Å². The zero-order chi connectivity index (χ0) is 19.3. The quantitative estimate of drug-likeness (QED) is 0.838. The Morgan fingerprint density at radius 1 is 1.35 bits per heavy atom. The average molecular weight is 359 g/mol. The fraction of sp³-hybridized carbons (Fsp3) is 0.412. The lowest BCUT2D eigenvalue weighted by atomic mass is 10.0. The monoisotopic (exact) mass is 359 g/mol. The summed E-state index contributed by atoms with van der Waals surface area (Å²) < 4.78 is 6.96. The van der Waals surface area contributed by atoms with E-state index < -0.39 is 23.2 Å². The molecule has 1 amide bonds. The molecule has 9 nitrogen and oxygen atoms in total. The third-order valence-corrected chi connectivity index (χ3v) is 4.20. The lowest BCUT2D eigenvalue weighted by molar-refractivity contribution is -0.146. The molecule has 0 aromatic carbocycles. The number of aromatic nitrogens is 3. The number of carboxylic acid groups (broad SMARTS) is 1. The molecular weight excluding hydrogens is 338 g/mol. The molecule has 0 radical (unpaired) electrons. The molecule has 3 heterocycles. The normalized spacial score (nSPS) is 20.3. The van der Waals surface area contributed by atoms with Crippen molar-refractivity contribution in [3.8, 4) is 0 Å². The summed E-state index contributed by atoms with van der Waals surface area (Å²) in [6.07, 6.45) is 2.17. The van der Waals surface area contributed by atoms with Crippen LogP contribution in [-0.2, 0) is 9.53 Å². The maximum Gasteiger partial charge on any atom is 0.411 e. The first kappa shape index (κ1) is 17.7. The molecule has 3 N–H and O–H groups in total. The second-order valence-corrected chi connectivity index (χ2v) is 7.35. The van der Waals surface area contributed by atoms with Gasteiger partial charge in [-0.1, -0.05) is 0 Å². The van der Waals surface area contributed by atoms with E-state index in [-0.39, 0.29) is 6.54 Å². The molecule has 1 aliphatic heterocycles. The van der Waals surface area contributed by atoms with Gasteiger partial charge in [0, 0.05) is 0 Å². The minimum Gasteiger partial charge on any atom is -0.479 e. The van der Waals surface area contributed by atoms with Crippen LogP contribution in [0.25, 0.3) is 11.1 Å². The van der Waals surface area contributed by atoms with Crippen LogP contribution in [0.2, 0.25) is 0 Å². The van der Waals surface area contributed by atoms with Gasteiger partial charge < -0.3 is 15.6 Å². The van der Waals surface area contributed by atoms with E-state index in [9.17, 15) is 14.7 Å². The molecule has 1 aliphatic rings. The molecule has 0 spiro atoms. The highest BCUT2D eigenvalue weighted by atomic mass is 16.6. The van der Waals surface area contributed by atoms with Gasteiger partial charge in [0.25, 0.3) is 0 Å². The van der Waals surface area contributed by atoms with E-state index in [1.54, 1.807) is 43.5 Å². The van der Waals surface area contributed by atoms with E-state index >= 15 is 0 Å². The van der Waals surface area contributed by atoms with Crippen molar-refractivity contribution in [3.63, 3.8) is 0 Å². The Balaban J connectivity index is 2.03. The minimum absolute atomic E-state index is 0.0771. The Hall–Kier alpha value is -3.10. The lowest BCUT2D eigenvalue weighted by Gasteiger charge is -2.32. The first-order valence-corrected chi connectivity index (χ1v) is 8.07. The summed E-state index contributed by atoms with van der Waals surface area (Å²) in [5, 5.41) is 13.9. The third-order valence-electron chi connectivity index (χ3n) is 4.20. The number of nitrogens with zero attached hydrogens (tertiary/aromatic N) is 4. The molecule has 0 aliphatic carbocycles. The molecule has 1 atom stereocenters. The van der Waals surface area contributed by atoms with Gasteiger partial charge in [-0.25, -0.2) is 19.1 Å². The van der Waals surface area contributed by atoms with Crippen molar-refractivity contribution in [1.82, 2.24) is 19.5 Å². The van der Waals surface area contributed by atoms with Crippen molar-refractivity contribution in [3.05, 3.63) is 30.2 Å². The summed E-state index contributed by atoms with van der Waals surface area (Å²) in [7, 11) is 0. The van der Waals surface area contributed by atoms with Crippen molar-refractivity contribution >= 4 is 29.0 Å². The van der Waals surface area contributed by atoms with Crippen molar-refractivity contribution in [1.29, 1.82) is 0 Å². The fourth-order valence-electron chi connectivity index (χ4n) is 2.90. The Kier molecular flexibility index (Phi) is 3.90. The van der Waals surface area contributed by atoms with Crippen molar-refractivity contribution < 1.29 is 19.4 Å². The maximum absolute atomic E-state index is 12.6. The average Bonchev–Trinajstić information content (AvgIpc) is 3.08. The number of hydrogen-bond acceptors (Lipinski definition) is 6. The molecule has 0 saturated heterocycles. The number of hydrogen-bond donors (Lipinski definition) is 2. The Labute approximate surface area is 150 Å². The van der Waals surface area contributed by atoms with E-state index in [2.05, 4.69) is 10.1 Å². The molecule has 26 heavy (non-hydrogen) atoms. The van der Waals surface area contributed by atoms with Crippen molar-refractivity contribution in [2.24, 2.45) is 0 Å². The number of rotatable bonds is 2. The first-order chi connectivity index (χ1) is 12.0. The van der Waals surface area contributed by atoms with Crippen LogP contribution in [0.5, 0.6) is 0 Å². The van der Waals surface area contributed by atoms with Gasteiger partial charge >= 0.3 is 12.1 Å². The predicted octanol–water partition coefficient (Wildman–Crippen LogP) is 1.79. The third kappa shape index (κ3) is 2.85. The number of anilines is 1. The number of carboxylic acids is 1. The van der Waals surface area contributed by atoms with Crippen molar-refractivity contribution in [2.45, 2.75) is 38.8 Å². The molecule has 2 aromatic heterocycles. The van der Waals surface area contributed by atoms with Gasteiger partial charge in [-0.2, -0.15) is 5.10 Å². The highest BCUT2D eigenvalue weighted by molar-refractivity contribution is 5.93. The van der Waals surface area contributed by atoms with Gasteiger partial charge in [0.05, 0.1) is 12.2 Å². The van der Waals surface area contributed by atoms with Crippen LogP contribution >= 0.6 is 0 Å². The minimum atomic E-state index is -1.53. The number of carbonyl (C=O) groups is 2. The van der Waals surface area contributed by atoms with Crippen LogP contribution in [0, 0.1) is 0 Å². The fourth-order valence-corrected chi connectivity index (χ4v) is 2.90. The van der Waals surface area contributed by atoms with E-state index in [1.165, 1.54) is 18.2 Å². The second kappa shape index (κ2) is 5.72. The molecule has 0 fully saturated rings. The number of aliphatic carboxylic acids is 1. The number of fused-ring (bicyclic) bond motifs is 1. The Bertz CT molecular complexity index is 927. The molecule has 1 unspecified atom stereocenters. The zero-order valence-electron chi connectivity index (χ0n) is 15.1. The largest absolute Gasteiger partial charge is 0.479 e. The number of carbonyl (C=O) groups excluding carboxylic acids is 1. The van der Waals surface area contributed by atoms with Crippen LogP contribution in [0.4, 0.5) is 10.6 Å². The first-order valence-electron chi connectivity index (χ1n) is 8.07. The van der Waals surface area contributed by atoms with Crippen LogP contribution < -0.4 is 5.73 Å². The standard InChI is InChI=1S/C17H21N5O4/c1-16(2,3)26-15(25)21-8-10(7-17(21,4)14(23)24)11-5-6-12-13(18)19-9-20-22(11)12/h5-7,9H,8H2,1-4H3,(H,23,24)(H2,18,19,20). The Morgan fingerprint density at radius 2 is 2.04 bits per heavy atom. The van der Waals surface area contributed by atoms with Crippen LogP contribution in [0.15, 0.2) is 24.5 Å². The van der Waals surface area contributed by atoms with Gasteiger partial charge in [-0.3, -0.25) is 4.90 Å². The molecule has 138 valence electrons. The molecule has 0 saturated carbocycles. The molecule has 9 heteroatoms. The summed E-state index contributed by atoms with van der Waals surface area (Å²) in [4.78, 5) is 29.6. The summed E-state index contributed by atoms with van der Waals surface area (Å²) >= 11 is 0. The topological polar surface area (TPSA) is 123 Å². The van der Waals surface area contributed by atoms with Crippen LogP contribution in [0.3, 0.4) is 0 Å². The lowest BCUT2D eigenvalue weighted by Crippen LogP contribution is -2.52. The van der Waals surface area contributed by atoms with Gasteiger partial charge in [0.15, 0.2) is 11.4 Å². The van der Waals surface area contributed by atoms with Crippen LogP contribution in [-0.4, -0.2) is 54.4 Å². The van der Waals surface area contributed by atoms with E-state index in [0.29, 0.717) is 22.6 Å². The highest BCUT2D eigenvalue weighted by Crippen LogP contribution is 2.34. The number of amides is 1. The van der Waals surface area contributed by atoms with E-state index in [4.69, 9.17) is 10.5 Å². The summed E-state index contributed by atoms with van der Waals surface area (Å²) in [5.74, 6) is -0.830. The Morgan fingerprint density at radius 3 is 2.65 bits per heavy atom. The SMILES string of the molecule is CC(C)(C)OC(=O)N1CC(c2ccc3c(N)ncnn23)=CC1(C)C(=O)O. The summed E-state index contributed by atoms with van der Waals surface area (Å²) in [6.45, 7) is 6.73. The van der Waals surface area contributed by atoms with E-state index in [0.717, 1.165) is 0 Å². The molecular formula is C17H21N5O4. The predicted molar refractivity (Wildman–Crippen MR) is 94.4 cm³/mol. The molecule has 0 bridgehead atoms. The van der Waals surface area contributed by atoms with E-state index in [1.807, 2.05) is 0 Å². The number of nitrogen functional groups attached to an aromatic ring is 1. The smallest absolute Gasteiger partial charge is 0.411 e. The maximum atomic E-state index is 12.6. The highest BCUT2D eigenvalue weighted by Gasteiger charge is 2.47. The molecule has 2 aromatic rings. The number of ether oxygens (including phenoxy) is 1. The van der Waals surface area contributed by atoms with Crippen LogP contribution in [0.1, 0.15) is 33.4 Å². The zero-order valence-corrected chi connectivity index (χ0v) is 15.1. The molecule has 3 rings (SSSR count). The van der Waals surface area contributed by atoms with Gasteiger partial charge in [0.2, 0.25) is 0 Å². The second-order valence-electron chi connectivity index (χ2n) is 7.35. The summed E-state index contributed by atoms with van der Waals surface area (Å²) in [5.41, 5.74) is 5.48. The van der Waals surface area contributed by atoms with Gasteiger partial charge in [-0.05, 0) is 51.5 Å². The summed E-state index contributed by atoms with van der Waals surface area (Å²) in [6, 6.07) is 3.52.